The Kier molecular flexibility index (Phi) is 4.96. The first kappa shape index (κ1) is 15.9. The molecule has 0 aromatic heterocycles. The van der Waals surface area contributed by atoms with Gasteiger partial charge in [0.25, 0.3) is 0 Å². The van der Waals surface area contributed by atoms with Crippen molar-refractivity contribution in [2.45, 2.75) is 10.9 Å². The number of hydrogen-bond acceptors (Lipinski definition) is 5. The number of piperazine rings is 1. The fraction of sp³-hybridized carbons (Fsp3) is 0.500. The lowest BCUT2D eigenvalue weighted by molar-refractivity contribution is 0.117. The standard InChI is InChI=1S/C14H20N4O2S/c1-17-7-8-18(2)13(11-17)10-16-21(19,20)14-6-4-3-5-12(14)9-15/h3-6,13,16H,7-8,10-11H2,1-2H3. The molecule has 21 heavy (non-hydrogen) atoms. The Morgan fingerprint density at radius 1 is 1.33 bits per heavy atom. The van der Waals surface area contributed by atoms with Gasteiger partial charge in [-0.05, 0) is 26.2 Å². The molecule has 0 amide bonds. The Bertz CT molecular complexity index is 639. The number of nitrogens with zero attached hydrogens (tertiary/aromatic N) is 3. The summed E-state index contributed by atoms with van der Waals surface area (Å²) in [4.78, 5) is 4.38. The van der Waals surface area contributed by atoms with Crippen molar-refractivity contribution in [1.82, 2.24) is 14.5 Å². The van der Waals surface area contributed by atoms with Gasteiger partial charge in [0.2, 0.25) is 10.0 Å². The molecule has 1 aliphatic heterocycles. The monoisotopic (exact) mass is 308 g/mol. The molecule has 0 aliphatic carbocycles. The third kappa shape index (κ3) is 3.80. The molecule has 0 radical (unpaired) electrons. The third-order valence-electron chi connectivity index (χ3n) is 3.79. The summed E-state index contributed by atoms with van der Waals surface area (Å²) in [6.45, 7) is 3.05. The van der Waals surface area contributed by atoms with Crippen LogP contribution in [0.1, 0.15) is 5.56 Å². The van der Waals surface area contributed by atoms with Crippen molar-refractivity contribution in [3.63, 3.8) is 0 Å². The molecule has 1 heterocycles. The highest BCUT2D eigenvalue weighted by molar-refractivity contribution is 7.89. The van der Waals surface area contributed by atoms with Crippen molar-refractivity contribution in [3.05, 3.63) is 29.8 Å². The highest BCUT2D eigenvalue weighted by Gasteiger charge is 2.25. The summed E-state index contributed by atoms with van der Waals surface area (Å²) in [5, 5.41) is 9.02. The van der Waals surface area contributed by atoms with Crippen LogP contribution in [0.2, 0.25) is 0 Å². The van der Waals surface area contributed by atoms with Crippen LogP contribution in [0.4, 0.5) is 0 Å². The molecule has 114 valence electrons. The second kappa shape index (κ2) is 6.54. The van der Waals surface area contributed by atoms with Gasteiger partial charge in [-0.15, -0.1) is 0 Å². The maximum Gasteiger partial charge on any atom is 0.241 e. The van der Waals surface area contributed by atoms with E-state index in [2.05, 4.69) is 14.5 Å². The Hall–Kier alpha value is -1.46. The molecule has 1 N–H and O–H groups in total. The number of nitriles is 1. The zero-order valence-electron chi connectivity index (χ0n) is 12.3. The molecular formula is C14H20N4O2S. The summed E-state index contributed by atoms with van der Waals surface area (Å²) >= 11 is 0. The van der Waals surface area contributed by atoms with Crippen molar-refractivity contribution in [1.29, 1.82) is 5.26 Å². The zero-order chi connectivity index (χ0) is 15.5. The van der Waals surface area contributed by atoms with E-state index in [0.29, 0.717) is 6.54 Å². The molecule has 1 aromatic carbocycles. The number of hydrogen-bond donors (Lipinski definition) is 1. The first-order valence-electron chi connectivity index (χ1n) is 6.81. The minimum atomic E-state index is -3.66. The largest absolute Gasteiger partial charge is 0.303 e. The van der Waals surface area contributed by atoms with E-state index in [1.54, 1.807) is 12.1 Å². The van der Waals surface area contributed by atoms with Crippen LogP contribution in [0.15, 0.2) is 29.2 Å². The molecule has 1 aromatic rings. The summed E-state index contributed by atoms with van der Waals surface area (Å²) < 4.78 is 27.3. The molecule has 6 nitrogen and oxygen atoms in total. The highest BCUT2D eigenvalue weighted by atomic mass is 32.2. The lowest BCUT2D eigenvalue weighted by Crippen LogP contribution is -2.54. The molecule has 7 heteroatoms. The first-order chi connectivity index (χ1) is 9.94. The van der Waals surface area contributed by atoms with Gasteiger partial charge in [0.05, 0.1) is 10.5 Å². The predicted octanol–water partition coefficient (Wildman–Crippen LogP) is 0.0824. The summed E-state index contributed by atoms with van der Waals surface area (Å²) in [6.07, 6.45) is 0. The van der Waals surface area contributed by atoms with Crippen LogP contribution in [-0.4, -0.2) is 64.5 Å². The van der Waals surface area contributed by atoms with Crippen LogP contribution in [0, 0.1) is 11.3 Å². The van der Waals surface area contributed by atoms with E-state index in [0.717, 1.165) is 19.6 Å². The summed E-state index contributed by atoms with van der Waals surface area (Å²) in [6, 6.07) is 8.29. The minimum absolute atomic E-state index is 0.0410. The fourth-order valence-electron chi connectivity index (χ4n) is 2.40. The van der Waals surface area contributed by atoms with Crippen molar-refractivity contribution in [2.75, 3.05) is 40.3 Å². The minimum Gasteiger partial charge on any atom is -0.303 e. The summed E-state index contributed by atoms with van der Waals surface area (Å²) in [5.41, 5.74) is 0.166. The van der Waals surface area contributed by atoms with Gasteiger partial charge in [0.15, 0.2) is 0 Å². The SMILES string of the molecule is CN1CCN(C)C(CNS(=O)(=O)c2ccccc2C#N)C1. The molecule has 1 atom stereocenters. The van der Waals surface area contributed by atoms with Gasteiger partial charge in [0.1, 0.15) is 6.07 Å². The molecule has 0 spiro atoms. The van der Waals surface area contributed by atoms with E-state index < -0.39 is 10.0 Å². The van der Waals surface area contributed by atoms with Crippen LogP contribution in [0.3, 0.4) is 0 Å². The number of nitrogens with one attached hydrogen (secondary N) is 1. The second-order valence-corrected chi connectivity index (χ2v) is 7.09. The molecule has 2 rings (SSSR count). The van der Waals surface area contributed by atoms with Gasteiger partial charge in [-0.1, -0.05) is 12.1 Å². The maximum atomic E-state index is 12.3. The summed E-state index contributed by atoms with van der Waals surface area (Å²) in [5.74, 6) is 0. The van der Waals surface area contributed by atoms with Crippen molar-refractivity contribution in [3.8, 4) is 6.07 Å². The summed E-state index contributed by atoms with van der Waals surface area (Å²) in [7, 11) is 0.361. The van der Waals surface area contributed by atoms with Crippen LogP contribution >= 0.6 is 0 Å². The Morgan fingerprint density at radius 2 is 2.05 bits per heavy atom. The number of sulfonamides is 1. The van der Waals surface area contributed by atoms with E-state index in [-0.39, 0.29) is 16.5 Å². The van der Waals surface area contributed by atoms with Gasteiger partial charge < -0.3 is 4.90 Å². The van der Waals surface area contributed by atoms with Crippen LogP contribution in [0.5, 0.6) is 0 Å². The average Bonchev–Trinajstić information content (AvgIpc) is 2.48. The highest BCUT2D eigenvalue weighted by Crippen LogP contribution is 2.14. The number of rotatable bonds is 4. The normalized spacial score (nSPS) is 21.1. The van der Waals surface area contributed by atoms with Crippen LogP contribution in [-0.2, 0) is 10.0 Å². The Morgan fingerprint density at radius 3 is 2.76 bits per heavy atom. The van der Waals surface area contributed by atoms with E-state index >= 15 is 0 Å². The molecule has 0 bridgehead atoms. The van der Waals surface area contributed by atoms with Crippen molar-refractivity contribution >= 4 is 10.0 Å². The smallest absolute Gasteiger partial charge is 0.241 e. The first-order valence-corrected chi connectivity index (χ1v) is 8.30. The second-order valence-electron chi connectivity index (χ2n) is 5.36. The molecule has 1 unspecified atom stereocenters. The quantitative estimate of drug-likeness (QED) is 0.852. The van der Waals surface area contributed by atoms with E-state index in [9.17, 15) is 8.42 Å². The lowest BCUT2D eigenvalue weighted by Gasteiger charge is -2.37. The number of benzene rings is 1. The average molecular weight is 308 g/mol. The number of likely N-dealkylation sites (N-methyl/N-ethyl adjacent to an activating group) is 2. The zero-order valence-corrected chi connectivity index (χ0v) is 13.1. The van der Waals surface area contributed by atoms with Crippen LogP contribution in [0.25, 0.3) is 0 Å². The van der Waals surface area contributed by atoms with Gasteiger partial charge in [-0.25, -0.2) is 13.1 Å². The predicted molar refractivity (Wildman–Crippen MR) is 80.3 cm³/mol. The maximum absolute atomic E-state index is 12.3. The van der Waals surface area contributed by atoms with E-state index in [4.69, 9.17) is 5.26 Å². The van der Waals surface area contributed by atoms with Crippen molar-refractivity contribution in [2.24, 2.45) is 0 Å². The molecule has 1 aliphatic rings. The van der Waals surface area contributed by atoms with E-state index in [1.165, 1.54) is 12.1 Å². The van der Waals surface area contributed by atoms with Gasteiger partial charge in [-0.2, -0.15) is 5.26 Å². The lowest BCUT2D eigenvalue weighted by atomic mass is 10.2. The topological polar surface area (TPSA) is 76.4 Å². The van der Waals surface area contributed by atoms with Gasteiger partial charge in [0, 0.05) is 32.2 Å². The fourth-order valence-corrected chi connectivity index (χ4v) is 3.63. The molecule has 0 saturated carbocycles. The Labute approximate surface area is 126 Å². The Balaban J connectivity index is 2.10. The molecule has 1 saturated heterocycles. The van der Waals surface area contributed by atoms with Gasteiger partial charge >= 0.3 is 0 Å². The van der Waals surface area contributed by atoms with E-state index in [1.807, 2.05) is 20.2 Å². The van der Waals surface area contributed by atoms with Crippen LogP contribution < -0.4 is 4.72 Å². The molecular weight excluding hydrogens is 288 g/mol. The van der Waals surface area contributed by atoms with Crippen molar-refractivity contribution < 1.29 is 8.42 Å². The third-order valence-corrected chi connectivity index (χ3v) is 5.27. The van der Waals surface area contributed by atoms with Gasteiger partial charge in [-0.3, -0.25) is 4.90 Å². The molecule has 1 fully saturated rings.